The molecule has 2 aromatic rings. The number of piperidine rings is 1. The molecule has 2 fully saturated rings. The van der Waals surface area contributed by atoms with Gasteiger partial charge < -0.3 is 10.2 Å². The number of amides is 1. The van der Waals surface area contributed by atoms with Gasteiger partial charge in [0.05, 0.1) is 15.2 Å². The van der Waals surface area contributed by atoms with Gasteiger partial charge in [-0.05, 0) is 25.0 Å². The minimum atomic E-state index is 0. The summed E-state index contributed by atoms with van der Waals surface area (Å²) >= 11 is 3.77. The van der Waals surface area contributed by atoms with Crippen molar-refractivity contribution < 1.29 is 4.79 Å². The van der Waals surface area contributed by atoms with Gasteiger partial charge in [-0.25, -0.2) is 4.98 Å². The fourth-order valence-corrected chi connectivity index (χ4v) is 5.62. The van der Waals surface area contributed by atoms with E-state index in [4.69, 9.17) is 4.98 Å². The number of nitrogens with zero attached hydrogens (tertiary/aromatic N) is 2. The normalized spacial score (nSPS) is 21.9. The number of hydrogen-bond donors (Lipinski definition) is 1. The molecule has 136 valence electrons. The molecule has 1 amide bonds. The first-order valence-electron chi connectivity index (χ1n) is 8.74. The van der Waals surface area contributed by atoms with Crippen LogP contribution in [0, 0.1) is 0 Å². The highest BCUT2D eigenvalue weighted by Crippen LogP contribution is 2.34. The molecule has 1 N–H and O–H groups in total. The number of thiazole rings is 1. The molecule has 4 rings (SSSR count). The standard InChI is InChI=1S/C18H23N3OS2.ClH/c22-17(11-14-12-23-10-7-19-14)21-8-5-13(6-9-21)18-20-15-3-1-2-4-16(15)24-18;/h1-4,13-14,19H,5-12H2;1H. The molecule has 3 heterocycles. The van der Waals surface area contributed by atoms with E-state index >= 15 is 0 Å². The van der Waals surface area contributed by atoms with Crippen LogP contribution < -0.4 is 5.32 Å². The molecule has 1 aromatic carbocycles. The van der Waals surface area contributed by atoms with Crippen molar-refractivity contribution in [2.75, 3.05) is 31.1 Å². The van der Waals surface area contributed by atoms with Crippen molar-refractivity contribution in [2.45, 2.75) is 31.2 Å². The summed E-state index contributed by atoms with van der Waals surface area (Å²) < 4.78 is 1.27. The average molecular weight is 398 g/mol. The van der Waals surface area contributed by atoms with E-state index in [1.165, 1.54) is 9.71 Å². The van der Waals surface area contributed by atoms with Crippen LogP contribution in [0.15, 0.2) is 24.3 Å². The third kappa shape index (κ3) is 4.48. The number of rotatable bonds is 3. The summed E-state index contributed by atoms with van der Waals surface area (Å²) in [7, 11) is 0. The zero-order chi connectivity index (χ0) is 16.4. The second kappa shape index (κ2) is 8.71. The maximum Gasteiger partial charge on any atom is 0.224 e. The third-order valence-corrected chi connectivity index (χ3v) is 7.26. The smallest absolute Gasteiger partial charge is 0.224 e. The van der Waals surface area contributed by atoms with E-state index in [2.05, 4.69) is 28.4 Å². The number of halogens is 1. The Balaban J connectivity index is 0.00000182. The van der Waals surface area contributed by atoms with E-state index < -0.39 is 0 Å². The average Bonchev–Trinajstić information content (AvgIpc) is 3.07. The molecule has 2 saturated heterocycles. The van der Waals surface area contributed by atoms with E-state index in [1.54, 1.807) is 0 Å². The minimum Gasteiger partial charge on any atom is -0.343 e. The Bertz CT molecular complexity index is 676. The molecular formula is C18H24ClN3OS2. The van der Waals surface area contributed by atoms with Crippen molar-refractivity contribution in [2.24, 2.45) is 0 Å². The molecule has 1 atom stereocenters. The van der Waals surface area contributed by atoms with Crippen LogP contribution in [0.25, 0.3) is 10.2 Å². The van der Waals surface area contributed by atoms with E-state index in [9.17, 15) is 4.79 Å². The SMILES string of the molecule is Cl.O=C(CC1CSCCN1)N1CCC(c2nc3ccccc3s2)CC1. The molecule has 4 nitrogen and oxygen atoms in total. The number of para-hydroxylation sites is 1. The molecule has 2 aliphatic rings. The number of thioether (sulfide) groups is 1. The fraction of sp³-hybridized carbons (Fsp3) is 0.556. The summed E-state index contributed by atoms with van der Waals surface area (Å²) in [4.78, 5) is 19.4. The van der Waals surface area contributed by atoms with Gasteiger partial charge in [-0.3, -0.25) is 4.79 Å². The molecule has 0 aliphatic carbocycles. The third-order valence-electron chi connectivity index (χ3n) is 4.93. The Kier molecular flexibility index (Phi) is 6.61. The molecule has 0 saturated carbocycles. The summed E-state index contributed by atoms with van der Waals surface area (Å²) in [6.07, 6.45) is 2.73. The van der Waals surface area contributed by atoms with Crippen LogP contribution in [0.3, 0.4) is 0 Å². The van der Waals surface area contributed by atoms with Gasteiger partial charge in [-0.1, -0.05) is 12.1 Å². The van der Waals surface area contributed by atoms with Gasteiger partial charge in [0, 0.05) is 49.5 Å². The van der Waals surface area contributed by atoms with Gasteiger partial charge in [0.15, 0.2) is 0 Å². The highest BCUT2D eigenvalue weighted by Gasteiger charge is 2.27. The molecule has 7 heteroatoms. The van der Waals surface area contributed by atoms with Gasteiger partial charge in [0.2, 0.25) is 5.91 Å². The van der Waals surface area contributed by atoms with Crippen molar-refractivity contribution in [3.05, 3.63) is 29.3 Å². The fourth-order valence-electron chi connectivity index (χ4n) is 3.53. The lowest BCUT2D eigenvalue weighted by molar-refractivity contribution is -0.132. The molecule has 1 aromatic heterocycles. The number of hydrogen-bond acceptors (Lipinski definition) is 5. The van der Waals surface area contributed by atoms with Crippen molar-refractivity contribution in [1.82, 2.24) is 15.2 Å². The maximum absolute atomic E-state index is 12.5. The topological polar surface area (TPSA) is 45.2 Å². The highest BCUT2D eigenvalue weighted by atomic mass is 35.5. The van der Waals surface area contributed by atoms with Crippen LogP contribution in [0.1, 0.15) is 30.2 Å². The Hall–Kier alpha value is -0.820. The number of carbonyl (C=O) groups excluding carboxylic acids is 1. The Labute approximate surface area is 163 Å². The Morgan fingerprint density at radius 3 is 2.80 bits per heavy atom. The van der Waals surface area contributed by atoms with Crippen molar-refractivity contribution in [1.29, 1.82) is 0 Å². The summed E-state index contributed by atoms with van der Waals surface area (Å²) in [6, 6.07) is 8.71. The first kappa shape index (κ1) is 19.0. The van der Waals surface area contributed by atoms with Gasteiger partial charge in [-0.2, -0.15) is 11.8 Å². The minimum absolute atomic E-state index is 0. The summed E-state index contributed by atoms with van der Waals surface area (Å²) in [5.41, 5.74) is 1.11. The first-order valence-corrected chi connectivity index (χ1v) is 10.7. The molecule has 2 aliphatic heterocycles. The van der Waals surface area contributed by atoms with Gasteiger partial charge in [0.25, 0.3) is 0 Å². The summed E-state index contributed by atoms with van der Waals surface area (Å²) in [5.74, 6) is 3.05. The van der Waals surface area contributed by atoms with Crippen LogP contribution in [0.4, 0.5) is 0 Å². The van der Waals surface area contributed by atoms with Crippen molar-refractivity contribution >= 4 is 51.6 Å². The Morgan fingerprint density at radius 1 is 1.28 bits per heavy atom. The zero-order valence-electron chi connectivity index (χ0n) is 14.1. The lowest BCUT2D eigenvalue weighted by atomic mass is 9.97. The summed E-state index contributed by atoms with van der Waals surface area (Å²) in [5, 5.41) is 4.71. The van der Waals surface area contributed by atoms with E-state index in [-0.39, 0.29) is 12.4 Å². The molecule has 1 unspecified atom stereocenters. The molecule has 0 spiro atoms. The number of nitrogens with one attached hydrogen (secondary N) is 1. The number of aromatic nitrogens is 1. The number of carbonyl (C=O) groups is 1. The van der Waals surface area contributed by atoms with Gasteiger partial charge >= 0.3 is 0 Å². The molecule has 0 radical (unpaired) electrons. The second-order valence-electron chi connectivity index (χ2n) is 6.60. The largest absolute Gasteiger partial charge is 0.343 e. The highest BCUT2D eigenvalue weighted by molar-refractivity contribution is 7.99. The monoisotopic (exact) mass is 397 g/mol. The second-order valence-corrected chi connectivity index (χ2v) is 8.82. The van der Waals surface area contributed by atoms with Gasteiger partial charge in [-0.15, -0.1) is 23.7 Å². The van der Waals surface area contributed by atoms with Crippen LogP contribution in [0.2, 0.25) is 0 Å². The van der Waals surface area contributed by atoms with Crippen LogP contribution in [-0.2, 0) is 4.79 Å². The molecule has 0 bridgehead atoms. The van der Waals surface area contributed by atoms with E-state index in [0.29, 0.717) is 24.3 Å². The maximum atomic E-state index is 12.5. The van der Waals surface area contributed by atoms with Crippen LogP contribution in [0.5, 0.6) is 0 Å². The van der Waals surface area contributed by atoms with E-state index in [0.717, 1.165) is 49.5 Å². The first-order chi connectivity index (χ1) is 11.8. The number of fused-ring (bicyclic) bond motifs is 1. The molecule has 25 heavy (non-hydrogen) atoms. The molecular weight excluding hydrogens is 374 g/mol. The van der Waals surface area contributed by atoms with Crippen LogP contribution in [-0.4, -0.2) is 53.0 Å². The number of benzene rings is 1. The van der Waals surface area contributed by atoms with Crippen molar-refractivity contribution in [3.63, 3.8) is 0 Å². The summed E-state index contributed by atoms with van der Waals surface area (Å²) in [6.45, 7) is 2.78. The zero-order valence-corrected chi connectivity index (χ0v) is 16.6. The lowest BCUT2D eigenvalue weighted by Crippen LogP contribution is -2.44. The van der Waals surface area contributed by atoms with Crippen molar-refractivity contribution in [3.8, 4) is 0 Å². The van der Waals surface area contributed by atoms with Gasteiger partial charge in [0.1, 0.15) is 0 Å². The quantitative estimate of drug-likeness (QED) is 0.860. The van der Waals surface area contributed by atoms with E-state index in [1.807, 2.05) is 29.2 Å². The predicted molar refractivity (Wildman–Crippen MR) is 109 cm³/mol. The lowest BCUT2D eigenvalue weighted by Gasteiger charge is -2.33. The Morgan fingerprint density at radius 2 is 2.08 bits per heavy atom. The predicted octanol–water partition coefficient (Wildman–Crippen LogP) is 3.52. The van der Waals surface area contributed by atoms with Crippen LogP contribution >= 0.6 is 35.5 Å². The number of likely N-dealkylation sites (tertiary alicyclic amines) is 1.